The molecule has 3 aromatic rings. The van der Waals surface area contributed by atoms with Gasteiger partial charge in [0.1, 0.15) is 11.4 Å². The van der Waals surface area contributed by atoms with Crippen molar-refractivity contribution >= 4 is 46.2 Å². The predicted octanol–water partition coefficient (Wildman–Crippen LogP) is 5.85. The molecule has 1 aromatic carbocycles. The summed E-state index contributed by atoms with van der Waals surface area (Å²) in [5.74, 6) is -0.739. The number of esters is 1. The summed E-state index contributed by atoms with van der Waals surface area (Å²) in [6, 6.07) is 6.99. The Morgan fingerprint density at radius 1 is 1.08 bits per heavy atom. The van der Waals surface area contributed by atoms with Crippen molar-refractivity contribution in [1.82, 2.24) is 9.97 Å². The Hall–Kier alpha value is -3.59. The number of halogens is 1. The second-order valence-corrected chi connectivity index (χ2v) is 10.1. The molecule has 0 saturated heterocycles. The van der Waals surface area contributed by atoms with Gasteiger partial charge in [-0.3, -0.25) is 14.5 Å². The minimum absolute atomic E-state index is 0.0978. The van der Waals surface area contributed by atoms with E-state index in [1.165, 1.54) is 12.0 Å². The lowest BCUT2D eigenvalue weighted by atomic mass is 10.0. The third-order valence-corrected chi connectivity index (χ3v) is 6.03. The number of anilines is 1. The Bertz CT molecular complexity index is 1310. The number of aromatic nitrogens is 2. The fraction of sp³-hybridized carbons (Fsp3) is 0.407. The number of ether oxygens (including phenoxy) is 2. The molecule has 10 heteroatoms. The highest BCUT2D eigenvalue weighted by Gasteiger charge is 2.23. The molecule has 0 unspecified atom stereocenters. The molecule has 0 fully saturated rings. The van der Waals surface area contributed by atoms with Gasteiger partial charge < -0.3 is 19.6 Å². The van der Waals surface area contributed by atoms with Crippen molar-refractivity contribution < 1.29 is 29.0 Å². The standard InChI is InChI=1S/C27H32ClN3O6/c1-27(2,3)37-26(35)19-15-29-21-14-20(28)17(13-18(19)21)16-11-12-22(30-25(16)36-5)31(4)23(32)9-7-6-8-10-24(33)34/h11-15,29H,6-10H2,1-5H3,(H,33,34). The number of aliphatic carboxylic acids is 1. The first kappa shape index (κ1) is 28.0. The van der Waals surface area contributed by atoms with Crippen LogP contribution in [0.3, 0.4) is 0 Å². The average Bonchev–Trinajstić information content (AvgIpc) is 3.23. The second kappa shape index (κ2) is 11.6. The predicted molar refractivity (Wildman–Crippen MR) is 142 cm³/mol. The number of fused-ring (bicyclic) bond motifs is 1. The molecule has 0 spiro atoms. The van der Waals surface area contributed by atoms with Gasteiger partial charge in [0, 0.05) is 48.1 Å². The fourth-order valence-corrected chi connectivity index (χ4v) is 4.12. The number of H-pyrrole nitrogens is 1. The third-order valence-electron chi connectivity index (χ3n) is 5.72. The van der Waals surface area contributed by atoms with Crippen LogP contribution in [0.15, 0.2) is 30.5 Å². The molecule has 9 nitrogen and oxygen atoms in total. The van der Waals surface area contributed by atoms with Gasteiger partial charge in [-0.15, -0.1) is 0 Å². The summed E-state index contributed by atoms with van der Waals surface area (Å²) in [6.07, 6.45) is 3.77. The topological polar surface area (TPSA) is 122 Å². The summed E-state index contributed by atoms with van der Waals surface area (Å²) in [4.78, 5) is 45.0. The van der Waals surface area contributed by atoms with Crippen LogP contribution in [0.1, 0.15) is 63.2 Å². The molecule has 0 radical (unpaired) electrons. The summed E-state index contributed by atoms with van der Waals surface area (Å²) in [5.41, 5.74) is 1.65. The molecule has 1 amide bonds. The number of nitrogens with one attached hydrogen (secondary N) is 1. The molecular formula is C27H32ClN3O6. The Kier molecular flexibility index (Phi) is 8.81. The number of unbranched alkanes of at least 4 members (excludes halogenated alkanes) is 2. The number of carboxylic acids is 1. The van der Waals surface area contributed by atoms with Gasteiger partial charge in [-0.2, -0.15) is 4.98 Å². The fourth-order valence-electron chi connectivity index (χ4n) is 3.85. The van der Waals surface area contributed by atoms with Crippen LogP contribution in [0.25, 0.3) is 22.0 Å². The van der Waals surface area contributed by atoms with E-state index < -0.39 is 17.5 Å². The quantitative estimate of drug-likeness (QED) is 0.249. The molecular weight excluding hydrogens is 498 g/mol. The van der Waals surface area contributed by atoms with Crippen LogP contribution in [0, 0.1) is 0 Å². The van der Waals surface area contributed by atoms with Crippen molar-refractivity contribution in [2.24, 2.45) is 0 Å². The second-order valence-electron chi connectivity index (χ2n) is 9.72. The number of benzene rings is 1. The maximum atomic E-state index is 12.7. The molecule has 2 aromatic heterocycles. The zero-order chi connectivity index (χ0) is 27.3. The number of carbonyl (C=O) groups is 3. The smallest absolute Gasteiger partial charge is 0.340 e. The Balaban J connectivity index is 1.86. The molecule has 198 valence electrons. The van der Waals surface area contributed by atoms with Crippen molar-refractivity contribution in [2.75, 3.05) is 19.1 Å². The van der Waals surface area contributed by atoms with Crippen molar-refractivity contribution in [1.29, 1.82) is 0 Å². The average molecular weight is 530 g/mol. The molecule has 0 saturated carbocycles. The molecule has 0 aliphatic rings. The van der Waals surface area contributed by atoms with Gasteiger partial charge in [-0.1, -0.05) is 18.0 Å². The van der Waals surface area contributed by atoms with Crippen molar-refractivity contribution in [3.63, 3.8) is 0 Å². The lowest BCUT2D eigenvalue weighted by Gasteiger charge is -2.19. The minimum Gasteiger partial charge on any atom is -0.481 e. The molecule has 37 heavy (non-hydrogen) atoms. The number of carboxylic acid groups (broad SMARTS) is 1. The Morgan fingerprint density at radius 2 is 1.78 bits per heavy atom. The third kappa shape index (κ3) is 7.01. The van der Waals surface area contributed by atoms with Crippen LogP contribution >= 0.6 is 11.6 Å². The largest absolute Gasteiger partial charge is 0.481 e. The number of methoxy groups -OCH3 is 1. The number of hydrogen-bond acceptors (Lipinski definition) is 6. The maximum Gasteiger partial charge on any atom is 0.340 e. The van der Waals surface area contributed by atoms with E-state index in [1.54, 1.807) is 58.3 Å². The van der Waals surface area contributed by atoms with E-state index in [9.17, 15) is 14.4 Å². The number of pyridine rings is 1. The summed E-state index contributed by atoms with van der Waals surface area (Å²) < 4.78 is 11.1. The Morgan fingerprint density at radius 3 is 2.43 bits per heavy atom. The van der Waals surface area contributed by atoms with Gasteiger partial charge in [-0.05, 0) is 57.9 Å². The summed E-state index contributed by atoms with van der Waals surface area (Å²) >= 11 is 6.60. The van der Waals surface area contributed by atoms with Crippen LogP contribution in [-0.2, 0) is 14.3 Å². The molecule has 0 atom stereocenters. The number of aromatic amines is 1. The highest BCUT2D eigenvalue weighted by molar-refractivity contribution is 6.34. The van der Waals surface area contributed by atoms with E-state index in [2.05, 4.69) is 9.97 Å². The Labute approximate surface area is 220 Å². The van der Waals surface area contributed by atoms with Gasteiger partial charge in [0.2, 0.25) is 11.8 Å². The molecule has 0 bridgehead atoms. The molecule has 2 heterocycles. The maximum absolute atomic E-state index is 12.7. The highest BCUT2D eigenvalue weighted by atomic mass is 35.5. The number of nitrogens with zero attached hydrogens (tertiary/aromatic N) is 2. The molecule has 2 N–H and O–H groups in total. The molecule has 0 aliphatic carbocycles. The minimum atomic E-state index is -0.836. The monoisotopic (exact) mass is 529 g/mol. The van der Waals surface area contributed by atoms with Crippen molar-refractivity contribution in [2.45, 2.75) is 58.5 Å². The van der Waals surface area contributed by atoms with E-state index in [4.69, 9.17) is 26.2 Å². The van der Waals surface area contributed by atoms with Crippen molar-refractivity contribution in [3.05, 3.63) is 41.0 Å². The van der Waals surface area contributed by atoms with E-state index >= 15 is 0 Å². The van der Waals surface area contributed by atoms with Crippen LogP contribution in [-0.4, -0.2) is 52.7 Å². The zero-order valence-corrected chi connectivity index (χ0v) is 22.4. The van der Waals surface area contributed by atoms with E-state index in [-0.39, 0.29) is 24.6 Å². The first-order valence-corrected chi connectivity index (χ1v) is 12.4. The zero-order valence-electron chi connectivity index (χ0n) is 21.7. The number of hydrogen-bond donors (Lipinski definition) is 2. The van der Waals surface area contributed by atoms with Crippen molar-refractivity contribution in [3.8, 4) is 17.0 Å². The first-order chi connectivity index (χ1) is 17.4. The number of carbonyl (C=O) groups excluding carboxylic acids is 2. The van der Waals surface area contributed by atoms with Gasteiger partial charge in [0.15, 0.2) is 0 Å². The SMILES string of the molecule is COc1nc(N(C)C(=O)CCCCCC(=O)O)ccc1-c1cc2c(C(=O)OC(C)(C)C)c[nH]c2cc1Cl. The number of rotatable bonds is 10. The van der Waals surface area contributed by atoms with Crippen LogP contribution in [0.2, 0.25) is 5.02 Å². The number of amides is 1. The molecule has 3 rings (SSSR count). The van der Waals surface area contributed by atoms with E-state index in [0.717, 1.165) is 0 Å². The van der Waals surface area contributed by atoms with Crippen LogP contribution < -0.4 is 9.64 Å². The van der Waals surface area contributed by atoms with Gasteiger partial charge in [0.05, 0.1) is 17.7 Å². The van der Waals surface area contributed by atoms with E-state index in [1.807, 2.05) is 0 Å². The summed E-state index contributed by atoms with van der Waals surface area (Å²) in [5, 5.41) is 9.81. The van der Waals surface area contributed by atoms with Gasteiger partial charge in [-0.25, -0.2) is 4.79 Å². The molecule has 0 aliphatic heterocycles. The first-order valence-electron chi connectivity index (χ1n) is 12.0. The normalized spacial score (nSPS) is 11.4. The van der Waals surface area contributed by atoms with Crippen LogP contribution in [0.5, 0.6) is 5.88 Å². The van der Waals surface area contributed by atoms with Crippen LogP contribution in [0.4, 0.5) is 5.82 Å². The summed E-state index contributed by atoms with van der Waals surface area (Å²) in [6.45, 7) is 5.42. The lowest BCUT2D eigenvalue weighted by molar-refractivity contribution is -0.137. The lowest BCUT2D eigenvalue weighted by Crippen LogP contribution is -2.26. The highest BCUT2D eigenvalue weighted by Crippen LogP contribution is 2.38. The summed E-state index contributed by atoms with van der Waals surface area (Å²) in [7, 11) is 3.11. The van der Waals surface area contributed by atoms with Gasteiger partial charge in [0.25, 0.3) is 0 Å². The van der Waals surface area contributed by atoms with Gasteiger partial charge >= 0.3 is 11.9 Å². The van der Waals surface area contributed by atoms with E-state index in [0.29, 0.717) is 57.7 Å².